The molecule has 2 aromatic carbocycles. The molecule has 5 rings (SSSR count). The molecular weight excluding hydrogens is 402 g/mol. The first-order valence-electron chi connectivity index (χ1n) is 8.28. The van der Waals surface area contributed by atoms with E-state index in [0.29, 0.717) is 18.0 Å². The maximum atomic E-state index is 13.5. The molecule has 2 aromatic rings. The molecule has 0 saturated heterocycles. The van der Waals surface area contributed by atoms with Gasteiger partial charge in [0.05, 0.1) is 12.3 Å². The molecule has 0 bridgehead atoms. The molecule has 1 N–H and O–H groups in total. The summed E-state index contributed by atoms with van der Waals surface area (Å²) in [5.41, 5.74) is 2.18. The maximum Gasteiger partial charge on any atom is 0.323 e. The highest BCUT2D eigenvalue weighted by atomic mass is 79.9. The SMILES string of the molecule is O=C(O)CN1C(=O)C2(COc3cc4c(cc32)CCO4)c2c(Br)cccc21. The Labute approximate surface area is 157 Å². The number of carbonyl (C=O) groups is 2. The van der Waals surface area contributed by atoms with E-state index in [0.717, 1.165) is 33.3 Å². The first-order valence-corrected chi connectivity index (χ1v) is 9.07. The molecule has 7 heteroatoms. The normalized spacial score (nSPS) is 22.0. The van der Waals surface area contributed by atoms with Crippen LogP contribution >= 0.6 is 15.9 Å². The molecule has 1 amide bonds. The van der Waals surface area contributed by atoms with Gasteiger partial charge >= 0.3 is 5.97 Å². The number of nitrogens with zero attached hydrogens (tertiary/aromatic N) is 1. The minimum atomic E-state index is -1.05. The third-order valence-corrected chi connectivity index (χ3v) is 5.97. The van der Waals surface area contributed by atoms with Crippen LogP contribution in [0.25, 0.3) is 0 Å². The monoisotopic (exact) mass is 415 g/mol. The van der Waals surface area contributed by atoms with Crippen molar-refractivity contribution < 1.29 is 24.2 Å². The van der Waals surface area contributed by atoms with Crippen molar-refractivity contribution in [2.75, 3.05) is 24.7 Å². The van der Waals surface area contributed by atoms with Gasteiger partial charge in [-0.25, -0.2) is 0 Å². The fourth-order valence-corrected chi connectivity index (χ4v) is 4.90. The van der Waals surface area contributed by atoms with Gasteiger partial charge in [-0.15, -0.1) is 0 Å². The van der Waals surface area contributed by atoms with Crippen LogP contribution in [0.2, 0.25) is 0 Å². The van der Waals surface area contributed by atoms with Crippen molar-refractivity contribution in [1.82, 2.24) is 0 Å². The summed E-state index contributed by atoms with van der Waals surface area (Å²) >= 11 is 3.56. The van der Waals surface area contributed by atoms with E-state index in [1.165, 1.54) is 4.90 Å². The Hall–Kier alpha value is -2.54. The van der Waals surface area contributed by atoms with E-state index in [1.807, 2.05) is 18.2 Å². The smallest absolute Gasteiger partial charge is 0.323 e. The van der Waals surface area contributed by atoms with Crippen LogP contribution in [-0.2, 0) is 21.4 Å². The van der Waals surface area contributed by atoms with Crippen molar-refractivity contribution >= 4 is 33.5 Å². The fourth-order valence-electron chi connectivity index (χ4n) is 4.21. The average Bonchev–Trinajstić information content (AvgIpc) is 3.26. The predicted octanol–water partition coefficient (Wildman–Crippen LogP) is 2.49. The number of amides is 1. The number of carboxylic acids is 1. The molecule has 26 heavy (non-hydrogen) atoms. The number of fused-ring (bicyclic) bond motifs is 5. The van der Waals surface area contributed by atoms with Gasteiger partial charge in [0.15, 0.2) is 0 Å². The number of rotatable bonds is 2. The summed E-state index contributed by atoms with van der Waals surface area (Å²) in [7, 11) is 0. The molecule has 0 aliphatic carbocycles. The fraction of sp³-hybridized carbons (Fsp3) is 0.263. The van der Waals surface area contributed by atoms with Gasteiger partial charge in [0.2, 0.25) is 5.91 Å². The summed E-state index contributed by atoms with van der Waals surface area (Å²) in [6, 6.07) is 9.28. The molecule has 1 spiro atoms. The van der Waals surface area contributed by atoms with E-state index in [1.54, 1.807) is 12.1 Å². The van der Waals surface area contributed by atoms with Crippen molar-refractivity contribution in [3.8, 4) is 11.5 Å². The zero-order chi connectivity index (χ0) is 18.1. The van der Waals surface area contributed by atoms with Crippen molar-refractivity contribution in [3.05, 3.63) is 51.5 Å². The van der Waals surface area contributed by atoms with E-state index in [9.17, 15) is 14.7 Å². The van der Waals surface area contributed by atoms with Gasteiger partial charge in [0, 0.05) is 28.1 Å². The third kappa shape index (κ3) is 1.86. The van der Waals surface area contributed by atoms with Crippen LogP contribution in [0.15, 0.2) is 34.8 Å². The molecule has 0 radical (unpaired) electrons. The highest BCUT2D eigenvalue weighted by Gasteiger charge is 2.58. The van der Waals surface area contributed by atoms with Crippen molar-refractivity contribution in [2.24, 2.45) is 0 Å². The zero-order valence-electron chi connectivity index (χ0n) is 13.6. The van der Waals surface area contributed by atoms with Gasteiger partial charge < -0.3 is 14.6 Å². The van der Waals surface area contributed by atoms with E-state index in [4.69, 9.17) is 9.47 Å². The quantitative estimate of drug-likeness (QED) is 0.815. The number of carbonyl (C=O) groups excluding carboxylic acids is 1. The topological polar surface area (TPSA) is 76.1 Å². The van der Waals surface area contributed by atoms with Crippen LogP contribution in [-0.4, -0.2) is 36.7 Å². The summed E-state index contributed by atoms with van der Waals surface area (Å²) < 4.78 is 12.3. The van der Waals surface area contributed by atoms with E-state index < -0.39 is 11.4 Å². The molecule has 1 atom stereocenters. The third-order valence-electron chi connectivity index (χ3n) is 5.31. The van der Waals surface area contributed by atoms with Crippen molar-refractivity contribution in [2.45, 2.75) is 11.8 Å². The molecular formula is C19H14BrNO5. The van der Waals surface area contributed by atoms with Crippen LogP contribution in [0.3, 0.4) is 0 Å². The Morgan fingerprint density at radius 3 is 2.92 bits per heavy atom. The number of ether oxygens (including phenoxy) is 2. The lowest BCUT2D eigenvalue weighted by molar-refractivity contribution is -0.137. The molecule has 6 nitrogen and oxygen atoms in total. The van der Waals surface area contributed by atoms with Crippen molar-refractivity contribution in [1.29, 1.82) is 0 Å². The zero-order valence-corrected chi connectivity index (χ0v) is 15.2. The second-order valence-electron chi connectivity index (χ2n) is 6.67. The Balaban J connectivity index is 1.77. The van der Waals surface area contributed by atoms with Gasteiger partial charge in [-0.2, -0.15) is 0 Å². The molecule has 3 aliphatic heterocycles. The summed E-state index contributed by atoms with van der Waals surface area (Å²) in [5, 5.41) is 9.29. The number of halogens is 1. The van der Waals surface area contributed by atoms with Gasteiger partial charge in [0.25, 0.3) is 0 Å². The molecule has 132 valence electrons. The summed E-state index contributed by atoms with van der Waals surface area (Å²) in [5.74, 6) is 0.0982. The van der Waals surface area contributed by atoms with Gasteiger partial charge in [-0.05, 0) is 23.8 Å². The van der Waals surface area contributed by atoms with Crippen LogP contribution in [0.4, 0.5) is 5.69 Å². The first kappa shape index (κ1) is 15.7. The van der Waals surface area contributed by atoms with E-state index >= 15 is 0 Å². The second-order valence-corrected chi connectivity index (χ2v) is 7.52. The molecule has 0 saturated carbocycles. The van der Waals surface area contributed by atoms with Gasteiger partial charge in [-0.1, -0.05) is 22.0 Å². The molecule has 3 aliphatic rings. The molecule has 3 heterocycles. The van der Waals surface area contributed by atoms with Crippen LogP contribution in [0, 0.1) is 0 Å². The lowest BCUT2D eigenvalue weighted by atomic mass is 9.76. The minimum Gasteiger partial charge on any atom is -0.493 e. The number of anilines is 1. The highest BCUT2D eigenvalue weighted by Crippen LogP contribution is 2.55. The minimum absolute atomic E-state index is 0.149. The summed E-state index contributed by atoms with van der Waals surface area (Å²) in [6.07, 6.45) is 0.786. The largest absolute Gasteiger partial charge is 0.493 e. The number of hydrogen-bond donors (Lipinski definition) is 1. The molecule has 0 aromatic heterocycles. The van der Waals surface area contributed by atoms with Gasteiger partial charge in [0.1, 0.15) is 30.1 Å². The Morgan fingerprint density at radius 2 is 2.12 bits per heavy atom. The van der Waals surface area contributed by atoms with E-state index in [2.05, 4.69) is 15.9 Å². The molecule has 1 unspecified atom stereocenters. The number of aliphatic carboxylic acids is 1. The number of benzene rings is 2. The number of hydrogen-bond acceptors (Lipinski definition) is 4. The summed E-state index contributed by atoms with van der Waals surface area (Å²) in [6.45, 7) is 0.383. The standard InChI is InChI=1S/C19H14BrNO5/c20-12-2-1-3-13-17(12)19(18(24)21(13)8-16(22)23)9-26-15-7-14-10(4-5-25-14)6-11(15)19/h1-3,6-7H,4-5,8-9H2,(H,22,23). The summed E-state index contributed by atoms with van der Waals surface area (Å²) in [4.78, 5) is 26.1. The number of carboxylic acid groups (broad SMARTS) is 1. The second kappa shape index (κ2) is 5.23. The average molecular weight is 416 g/mol. The van der Waals surface area contributed by atoms with Crippen molar-refractivity contribution in [3.63, 3.8) is 0 Å². The lowest BCUT2D eigenvalue weighted by Gasteiger charge is -2.23. The predicted molar refractivity (Wildman–Crippen MR) is 96.0 cm³/mol. The first-order chi connectivity index (χ1) is 12.5. The molecule has 0 fully saturated rings. The van der Waals surface area contributed by atoms with E-state index in [-0.39, 0.29) is 19.1 Å². The van der Waals surface area contributed by atoms with Crippen LogP contribution in [0.1, 0.15) is 16.7 Å². The van der Waals surface area contributed by atoms with Crippen LogP contribution in [0.5, 0.6) is 11.5 Å². The maximum absolute atomic E-state index is 13.5. The highest BCUT2D eigenvalue weighted by molar-refractivity contribution is 9.10. The lowest BCUT2D eigenvalue weighted by Crippen LogP contribution is -2.44. The Bertz CT molecular complexity index is 988. The van der Waals surface area contributed by atoms with Crippen LogP contribution < -0.4 is 14.4 Å². The Morgan fingerprint density at radius 1 is 1.27 bits per heavy atom. The Kier molecular flexibility index (Phi) is 3.16. The van der Waals surface area contributed by atoms with Gasteiger partial charge in [-0.3, -0.25) is 14.5 Å².